The minimum absolute atomic E-state index is 0.0164. The van der Waals surface area contributed by atoms with E-state index in [0.717, 1.165) is 40.6 Å². The SMILES string of the molecule is CCCCN1C(=O)/C(=C\c2ccc(C)c(OC)c2)SC1=Nc1ccccc1. The van der Waals surface area contributed by atoms with Gasteiger partial charge in [-0.25, -0.2) is 4.99 Å². The summed E-state index contributed by atoms with van der Waals surface area (Å²) in [5.41, 5.74) is 2.87. The van der Waals surface area contributed by atoms with Crippen LogP contribution in [0.2, 0.25) is 0 Å². The number of para-hydroxylation sites is 1. The summed E-state index contributed by atoms with van der Waals surface area (Å²) >= 11 is 1.43. The molecule has 2 aromatic rings. The molecule has 1 aliphatic heterocycles. The molecule has 0 atom stereocenters. The van der Waals surface area contributed by atoms with E-state index in [9.17, 15) is 4.79 Å². The normalized spacial score (nSPS) is 17.1. The van der Waals surface area contributed by atoms with Crippen molar-refractivity contribution >= 4 is 34.6 Å². The molecular formula is C22H24N2O2S. The summed E-state index contributed by atoms with van der Waals surface area (Å²) in [6.45, 7) is 4.81. The molecule has 5 heteroatoms. The zero-order chi connectivity index (χ0) is 19.2. The van der Waals surface area contributed by atoms with Crippen LogP contribution in [-0.4, -0.2) is 29.6 Å². The van der Waals surface area contributed by atoms with Crippen molar-refractivity contribution in [1.29, 1.82) is 0 Å². The van der Waals surface area contributed by atoms with Crippen molar-refractivity contribution < 1.29 is 9.53 Å². The molecule has 1 heterocycles. The van der Waals surface area contributed by atoms with Crippen LogP contribution < -0.4 is 4.74 Å². The fraction of sp³-hybridized carbons (Fsp3) is 0.273. The van der Waals surface area contributed by atoms with Crippen molar-refractivity contribution in [2.24, 2.45) is 4.99 Å². The second-order valence-electron chi connectivity index (χ2n) is 6.38. The number of carbonyl (C=O) groups is 1. The summed E-state index contributed by atoms with van der Waals surface area (Å²) in [6.07, 6.45) is 3.90. The predicted molar refractivity (Wildman–Crippen MR) is 113 cm³/mol. The van der Waals surface area contributed by atoms with Crippen molar-refractivity contribution in [2.45, 2.75) is 26.7 Å². The summed E-state index contributed by atoms with van der Waals surface area (Å²) in [5, 5.41) is 0.741. The fourth-order valence-electron chi connectivity index (χ4n) is 2.80. The van der Waals surface area contributed by atoms with Gasteiger partial charge in [-0.2, -0.15) is 0 Å². The monoisotopic (exact) mass is 380 g/mol. The van der Waals surface area contributed by atoms with E-state index < -0.39 is 0 Å². The lowest BCUT2D eigenvalue weighted by atomic mass is 10.1. The smallest absolute Gasteiger partial charge is 0.266 e. The van der Waals surface area contributed by atoms with E-state index in [1.54, 1.807) is 12.0 Å². The molecule has 4 nitrogen and oxygen atoms in total. The average Bonchev–Trinajstić information content (AvgIpc) is 2.97. The van der Waals surface area contributed by atoms with E-state index in [4.69, 9.17) is 9.73 Å². The lowest BCUT2D eigenvalue weighted by molar-refractivity contribution is -0.122. The maximum absolute atomic E-state index is 13.0. The van der Waals surface area contributed by atoms with Gasteiger partial charge in [-0.1, -0.05) is 43.7 Å². The highest BCUT2D eigenvalue weighted by atomic mass is 32.2. The highest BCUT2D eigenvalue weighted by Gasteiger charge is 2.32. The van der Waals surface area contributed by atoms with Gasteiger partial charge >= 0.3 is 0 Å². The number of aliphatic imine (C=N–C) groups is 1. The summed E-state index contributed by atoms with van der Waals surface area (Å²) in [6, 6.07) is 15.7. The Hall–Kier alpha value is -2.53. The van der Waals surface area contributed by atoms with Gasteiger partial charge in [0.05, 0.1) is 17.7 Å². The van der Waals surface area contributed by atoms with Gasteiger partial charge in [0, 0.05) is 6.54 Å². The number of aryl methyl sites for hydroxylation is 1. The molecule has 1 fully saturated rings. The molecule has 1 saturated heterocycles. The molecular weight excluding hydrogens is 356 g/mol. The lowest BCUT2D eigenvalue weighted by Crippen LogP contribution is -2.30. The first-order valence-corrected chi connectivity index (χ1v) is 9.94. The quantitative estimate of drug-likeness (QED) is 0.630. The molecule has 27 heavy (non-hydrogen) atoms. The summed E-state index contributed by atoms with van der Waals surface area (Å²) in [7, 11) is 1.66. The Bertz CT molecular complexity index is 875. The second-order valence-corrected chi connectivity index (χ2v) is 7.39. The molecule has 3 rings (SSSR count). The van der Waals surface area contributed by atoms with Gasteiger partial charge < -0.3 is 4.74 Å². The minimum Gasteiger partial charge on any atom is -0.496 e. The first-order chi connectivity index (χ1) is 13.1. The lowest BCUT2D eigenvalue weighted by Gasteiger charge is -2.14. The molecule has 2 aromatic carbocycles. The molecule has 1 amide bonds. The molecule has 1 aliphatic rings. The number of ether oxygens (including phenoxy) is 1. The molecule has 140 valence electrons. The maximum Gasteiger partial charge on any atom is 0.266 e. The number of rotatable bonds is 6. The average molecular weight is 381 g/mol. The summed E-state index contributed by atoms with van der Waals surface area (Å²) in [4.78, 5) is 20.1. The third-order valence-corrected chi connectivity index (χ3v) is 5.34. The van der Waals surface area contributed by atoms with Crippen LogP contribution in [0.1, 0.15) is 30.9 Å². The second kappa shape index (κ2) is 8.91. The molecule has 0 spiro atoms. The molecule has 0 radical (unpaired) electrons. The number of nitrogens with zero attached hydrogens (tertiary/aromatic N) is 2. The molecule has 0 bridgehead atoms. The zero-order valence-corrected chi connectivity index (χ0v) is 16.8. The van der Waals surface area contributed by atoms with E-state index in [-0.39, 0.29) is 5.91 Å². The number of methoxy groups -OCH3 is 1. The molecule has 0 saturated carbocycles. The number of carbonyl (C=O) groups excluding carboxylic acids is 1. The van der Waals surface area contributed by atoms with E-state index in [1.165, 1.54) is 11.8 Å². The highest BCUT2D eigenvalue weighted by molar-refractivity contribution is 8.18. The van der Waals surface area contributed by atoms with E-state index >= 15 is 0 Å². The van der Waals surface area contributed by atoms with Crippen LogP contribution in [0, 0.1) is 6.92 Å². The third kappa shape index (κ3) is 4.61. The van der Waals surface area contributed by atoms with E-state index in [2.05, 4.69) is 6.92 Å². The van der Waals surface area contributed by atoms with Gasteiger partial charge in [0.2, 0.25) is 0 Å². The first kappa shape index (κ1) is 19.2. The van der Waals surface area contributed by atoms with Crippen LogP contribution in [0.15, 0.2) is 58.4 Å². The van der Waals surface area contributed by atoms with E-state index in [0.29, 0.717) is 11.4 Å². The number of benzene rings is 2. The number of hydrogen-bond acceptors (Lipinski definition) is 4. The summed E-state index contributed by atoms with van der Waals surface area (Å²) in [5.74, 6) is 0.837. The Kier molecular flexibility index (Phi) is 6.35. The number of amides is 1. The van der Waals surface area contributed by atoms with Crippen LogP contribution in [0.5, 0.6) is 5.75 Å². The van der Waals surface area contributed by atoms with Crippen LogP contribution in [0.3, 0.4) is 0 Å². The Balaban J connectivity index is 1.93. The Morgan fingerprint density at radius 3 is 2.67 bits per heavy atom. The van der Waals surface area contributed by atoms with Crippen LogP contribution in [0.25, 0.3) is 6.08 Å². The van der Waals surface area contributed by atoms with Crippen molar-refractivity contribution in [1.82, 2.24) is 4.90 Å². The van der Waals surface area contributed by atoms with Crippen LogP contribution in [-0.2, 0) is 4.79 Å². The van der Waals surface area contributed by atoms with Gasteiger partial charge in [-0.3, -0.25) is 9.69 Å². The number of hydrogen-bond donors (Lipinski definition) is 0. The van der Waals surface area contributed by atoms with Gasteiger partial charge in [-0.15, -0.1) is 0 Å². The molecule has 0 aliphatic carbocycles. The Morgan fingerprint density at radius 1 is 1.19 bits per heavy atom. The maximum atomic E-state index is 13.0. The van der Waals surface area contributed by atoms with Gasteiger partial charge in [0.25, 0.3) is 5.91 Å². The standard InChI is InChI=1S/C22H24N2O2S/c1-4-5-13-24-21(25)20(15-17-12-11-16(2)19(14-17)26-3)27-22(24)23-18-9-7-6-8-10-18/h6-12,14-15H,4-5,13H2,1-3H3/b20-15+,23-22?. The first-order valence-electron chi connectivity index (χ1n) is 9.12. The Labute approximate surface area is 164 Å². The Morgan fingerprint density at radius 2 is 1.96 bits per heavy atom. The van der Waals surface area contributed by atoms with Gasteiger partial charge in [0.15, 0.2) is 5.17 Å². The van der Waals surface area contributed by atoms with Crippen LogP contribution >= 0.6 is 11.8 Å². The zero-order valence-electron chi connectivity index (χ0n) is 15.9. The number of amidine groups is 1. The molecule has 0 unspecified atom stereocenters. The topological polar surface area (TPSA) is 41.9 Å². The number of unbranched alkanes of at least 4 members (excludes halogenated alkanes) is 1. The van der Waals surface area contributed by atoms with Gasteiger partial charge in [0.1, 0.15) is 5.75 Å². The highest BCUT2D eigenvalue weighted by Crippen LogP contribution is 2.35. The third-order valence-electron chi connectivity index (χ3n) is 4.33. The van der Waals surface area contributed by atoms with Crippen molar-refractivity contribution in [3.8, 4) is 5.75 Å². The van der Waals surface area contributed by atoms with Crippen molar-refractivity contribution in [3.63, 3.8) is 0 Å². The minimum atomic E-state index is 0.0164. The van der Waals surface area contributed by atoms with Crippen molar-refractivity contribution in [2.75, 3.05) is 13.7 Å². The van der Waals surface area contributed by atoms with Gasteiger partial charge in [-0.05, 0) is 60.5 Å². The largest absolute Gasteiger partial charge is 0.496 e. The molecule has 0 aromatic heterocycles. The van der Waals surface area contributed by atoms with Crippen molar-refractivity contribution in [3.05, 3.63) is 64.6 Å². The molecule has 0 N–H and O–H groups in total. The predicted octanol–water partition coefficient (Wildman–Crippen LogP) is 5.41. The number of thioether (sulfide) groups is 1. The van der Waals surface area contributed by atoms with E-state index in [1.807, 2.05) is 61.5 Å². The fourth-order valence-corrected chi connectivity index (χ4v) is 3.82. The summed E-state index contributed by atoms with van der Waals surface area (Å²) < 4.78 is 5.40. The van der Waals surface area contributed by atoms with Crippen LogP contribution in [0.4, 0.5) is 5.69 Å².